The predicted octanol–water partition coefficient (Wildman–Crippen LogP) is 1.64. The minimum Gasteiger partial charge on any atom is -0.454 e. The van der Waals surface area contributed by atoms with Gasteiger partial charge < -0.3 is 14.5 Å². The van der Waals surface area contributed by atoms with Crippen LogP contribution in [0.2, 0.25) is 0 Å². The van der Waals surface area contributed by atoms with Crippen molar-refractivity contribution >= 4 is 17.9 Å². The molecule has 3 amide bonds. The molecule has 1 spiro atoms. The smallest absolute Gasteiger partial charge is 0.326 e. The molecule has 0 radical (unpaired) electrons. The summed E-state index contributed by atoms with van der Waals surface area (Å²) < 4.78 is 10.5. The van der Waals surface area contributed by atoms with Gasteiger partial charge in [-0.3, -0.25) is 14.5 Å². The Kier molecular flexibility index (Phi) is 4.35. The van der Waals surface area contributed by atoms with E-state index in [-0.39, 0.29) is 18.4 Å². The third-order valence-corrected chi connectivity index (χ3v) is 4.83. The Bertz CT molecular complexity index is 873. The van der Waals surface area contributed by atoms with Crippen molar-refractivity contribution in [3.8, 4) is 11.5 Å². The molecule has 9 nitrogen and oxygen atoms in total. The molecule has 0 unspecified atom stereocenters. The van der Waals surface area contributed by atoms with Gasteiger partial charge in [-0.15, -0.1) is 10.2 Å². The largest absolute Gasteiger partial charge is 0.454 e. The molecule has 140 valence electrons. The van der Waals surface area contributed by atoms with E-state index in [0.29, 0.717) is 18.7 Å². The van der Waals surface area contributed by atoms with Crippen LogP contribution >= 0.6 is 0 Å². The Hall–Kier alpha value is -3.23. The van der Waals surface area contributed by atoms with E-state index in [9.17, 15) is 14.4 Å². The maximum absolute atomic E-state index is 12.5. The average Bonchev–Trinajstić information content (AvgIpc) is 3.39. The minimum atomic E-state index is -0.839. The van der Waals surface area contributed by atoms with E-state index in [1.54, 1.807) is 0 Å². The van der Waals surface area contributed by atoms with E-state index in [0.717, 1.165) is 23.3 Å². The van der Waals surface area contributed by atoms with Crippen LogP contribution in [0.4, 0.5) is 4.79 Å². The molecule has 1 aromatic carbocycles. The van der Waals surface area contributed by atoms with Crippen molar-refractivity contribution in [3.05, 3.63) is 36.2 Å². The maximum atomic E-state index is 12.5. The van der Waals surface area contributed by atoms with Gasteiger partial charge in [0.2, 0.25) is 5.89 Å². The van der Waals surface area contributed by atoms with Crippen LogP contribution in [0.15, 0.2) is 34.7 Å². The fourth-order valence-corrected chi connectivity index (χ4v) is 3.46. The van der Waals surface area contributed by atoms with Gasteiger partial charge in [-0.1, -0.05) is 31.0 Å². The zero-order chi connectivity index (χ0) is 18.9. The second-order valence-electron chi connectivity index (χ2n) is 6.64. The number of hydrogen-bond donors (Lipinski definition) is 1. The highest BCUT2D eigenvalue weighted by atomic mass is 16.5. The molecule has 1 aliphatic heterocycles. The summed E-state index contributed by atoms with van der Waals surface area (Å²) in [6.07, 6.45) is 2.97. The summed E-state index contributed by atoms with van der Waals surface area (Å²) in [4.78, 5) is 37.5. The number of hydrogen-bond acceptors (Lipinski definition) is 7. The highest BCUT2D eigenvalue weighted by Crippen LogP contribution is 2.34. The zero-order valence-corrected chi connectivity index (χ0v) is 14.5. The van der Waals surface area contributed by atoms with Crippen LogP contribution in [0.3, 0.4) is 0 Å². The van der Waals surface area contributed by atoms with E-state index >= 15 is 0 Å². The summed E-state index contributed by atoms with van der Waals surface area (Å²) in [5.41, 5.74) is -0.0854. The Morgan fingerprint density at radius 3 is 2.67 bits per heavy atom. The summed E-state index contributed by atoms with van der Waals surface area (Å²) >= 11 is 0. The molecule has 2 heterocycles. The highest BCUT2D eigenvalue weighted by molar-refractivity contribution is 6.08. The molecular weight excluding hydrogens is 352 g/mol. The molecule has 0 atom stereocenters. The van der Waals surface area contributed by atoms with Crippen molar-refractivity contribution in [2.75, 3.05) is 6.54 Å². The number of imide groups is 1. The maximum Gasteiger partial charge on any atom is 0.326 e. The SMILES string of the molecule is O=C(CN1C(=O)NC2(CCCC2)C1=O)OCc1nnc(-c2ccccc2)o1. The number of carbonyl (C=O) groups excluding carboxylic acids is 3. The van der Waals surface area contributed by atoms with E-state index in [1.165, 1.54) is 0 Å². The third-order valence-electron chi connectivity index (χ3n) is 4.83. The number of nitrogens with zero attached hydrogens (tertiary/aromatic N) is 3. The summed E-state index contributed by atoms with van der Waals surface area (Å²) in [5, 5.41) is 10.5. The number of aromatic nitrogens is 2. The lowest BCUT2D eigenvalue weighted by atomic mass is 9.98. The molecular formula is C18H18N4O5. The standard InChI is InChI=1S/C18H18N4O5/c23-14(10-22-16(24)18(19-17(22)25)8-4-5-9-18)26-11-13-20-21-15(27-13)12-6-2-1-3-7-12/h1-3,6-7H,4-5,8-11H2,(H,19,25). The number of esters is 1. The molecule has 1 aromatic heterocycles. The van der Waals surface area contributed by atoms with Crippen molar-refractivity contribution in [2.45, 2.75) is 37.8 Å². The number of amides is 3. The van der Waals surface area contributed by atoms with Crippen LogP contribution in [-0.2, 0) is 20.9 Å². The number of urea groups is 1. The molecule has 1 N–H and O–H groups in total. The molecule has 2 aliphatic rings. The molecule has 1 aliphatic carbocycles. The lowest BCUT2D eigenvalue weighted by Crippen LogP contribution is -2.44. The minimum absolute atomic E-state index is 0.131. The predicted molar refractivity (Wildman–Crippen MR) is 91.0 cm³/mol. The first-order chi connectivity index (χ1) is 13.1. The first-order valence-electron chi connectivity index (χ1n) is 8.75. The number of rotatable bonds is 5. The van der Waals surface area contributed by atoms with Crippen LogP contribution < -0.4 is 5.32 Å². The Balaban J connectivity index is 1.33. The molecule has 2 aromatic rings. The second kappa shape index (κ2) is 6.82. The molecule has 27 heavy (non-hydrogen) atoms. The number of carbonyl (C=O) groups is 3. The van der Waals surface area contributed by atoms with Gasteiger partial charge in [0.15, 0.2) is 6.61 Å². The molecule has 4 rings (SSSR count). The fraction of sp³-hybridized carbons (Fsp3) is 0.389. The van der Waals surface area contributed by atoms with E-state index < -0.39 is 24.1 Å². The Morgan fingerprint density at radius 1 is 1.19 bits per heavy atom. The fourth-order valence-electron chi connectivity index (χ4n) is 3.46. The summed E-state index contributed by atoms with van der Waals surface area (Å²) in [6.45, 7) is -0.667. The van der Waals surface area contributed by atoms with Crippen LogP contribution in [-0.4, -0.2) is 45.1 Å². The first kappa shape index (κ1) is 17.2. The Morgan fingerprint density at radius 2 is 1.93 bits per heavy atom. The van der Waals surface area contributed by atoms with Gasteiger partial charge in [0.25, 0.3) is 11.8 Å². The van der Waals surface area contributed by atoms with Gasteiger partial charge in [0, 0.05) is 5.56 Å². The van der Waals surface area contributed by atoms with Gasteiger partial charge in [-0.05, 0) is 25.0 Å². The highest BCUT2D eigenvalue weighted by Gasteiger charge is 2.52. The Labute approximate surface area is 154 Å². The molecule has 1 saturated heterocycles. The normalized spacial score (nSPS) is 18.1. The van der Waals surface area contributed by atoms with Crippen molar-refractivity contribution in [3.63, 3.8) is 0 Å². The topological polar surface area (TPSA) is 115 Å². The van der Waals surface area contributed by atoms with Gasteiger partial charge in [-0.2, -0.15) is 0 Å². The van der Waals surface area contributed by atoms with Crippen molar-refractivity contribution in [1.29, 1.82) is 0 Å². The van der Waals surface area contributed by atoms with Crippen molar-refractivity contribution < 1.29 is 23.5 Å². The van der Waals surface area contributed by atoms with E-state index in [4.69, 9.17) is 9.15 Å². The first-order valence-corrected chi connectivity index (χ1v) is 8.75. The van der Waals surface area contributed by atoms with Crippen LogP contribution in [0, 0.1) is 0 Å². The van der Waals surface area contributed by atoms with Crippen molar-refractivity contribution in [1.82, 2.24) is 20.4 Å². The van der Waals surface area contributed by atoms with Gasteiger partial charge in [-0.25, -0.2) is 4.79 Å². The molecule has 2 fully saturated rings. The molecule has 9 heteroatoms. The summed E-state index contributed by atoms with van der Waals surface area (Å²) in [6, 6.07) is 8.64. The average molecular weight is 370 g/mol. The molecule has 1 saturated carbocycles. The quantitative estimate of drug-likeness (QED) is 0.628. The number of nitrogens with one attached hydrogen (secondary N) is 1. The third kappa shape index (κ3) is 3.27. The van der Waals surface area contributed by atoms with Crippen molar-refractivity contribution in [2.24, 2.45) is 0 Å². The lowest BCUT2D eigenvalue weighted by molar-refractivity contribution is -0.149. The van der Waals surface area contributed by atoms with Gasteiger partial charge in [0.05, 0.1) is 0 Å². The van der Waals surface area contributed by atoms with Crippen LogP contribution in [0.25, 0.3) is 11.5 Å². The van der Waals surface area contributed by atoms with Crippen LogP contribution in [0.1, 0.15) is 31.6 Å². The van der Waals surface area contributed by atoms with Gasteiger partial charge in [0.1, 0.15) is 12.1 Å². The number of benzene rings is 1. The molecule has 0 bridgehead atoms. The van der Waals surface area contributed by atoms with E-state index in [1.807, 2.05) is 30.3 Å². The zero-order valence-electron chi connectivity index (χ0n) is 14.5. The second-order valence-corrected chi connectivity index (χ2v) is 6.64. The number of ether oxygens (including phenoxy) is 1. The summed E-state index contributed by atoms with van der Waals surface area (Å²) in [5.74, 6) is -0.621. The van der Waals surface area contributed by atoms with E-state index in [2.05, 4.69) is 15.5 Å². The monoisotopic (exact) mass is 370 g/mol. The summed E-state index contributed by atoms with van der Waals surface area (Å²) in [7, 11) is 0. The van der Waals surface area contributed by atoms with Crippen LogP contribution in [0.5, 0.6) is 0 Å². The lowest BCUT2D eigenvalue weighted by Gasteiger charge is -2.19. The van der Waals surface area contributed by atoms with Gasteiger partial charge >= 0.3 is 12.0 Å².